The average molecular weight is 276 g/mol. The topological polar surface area (TPSA) is 88.9 Å². The van der Waals surface area contributed by atoms with Crippen molar-refractivity contribution in [3.05, 3.63) is 34.9 Å². The fourth-order valence-corrected chi connectivity index (χ4v) is 2.16. The van der Waals surface area contributed by atoms with E-state index in [4.69, 9.17) is 5.11 Å². The molecule has 98 valence electrons. The van der Waals surface area contributed by atoms with E-state index >= 15 is 0 Å². The Morgan fingerprint density at radius 3 is 2.32 bits per heavy atom. The maximum absolute atomic E-state index is 10.8. The summed E-state index contributed by atoms with van der Waals surface area (Å²) in [6.07, 6.45) is 1.41. The molecule has 0 amide bonds. The van der Waals surface area contributed by atoms with E-state index in [0.29, 0.717) is 10.3 Å². The van der Waals surface area contributed by atoms with Gasteiger partial charge in [0, 0.05) is 17.6 Å². The SMILES string of the molecule is Cc1nc(Sc2nccc(C(=O)O)n2)nc(C)c1C. The Morgan fingerprint density at radius 2 is 1.74 bits per heavy atom. The quantitative estimate of drug-likeness (QED) is 0.858. The van der Waals surface area contributed by atoms with Crippen LogP contribution in [0.4, 0.5) is 0 Å². The molecule has 2 aromatic heterocycles. The lowest BCUT2D eigenvalue weighted by Crippen LogP contribution is -2.03. The molecule has 6 nitrogen and oxygen atoms in total. The summed E-state index contributed by atoms with van der Waals surface area (Å²) in [4.78, 5) is 27.4. The van der Waals surface area contributed by atoms with Crippen LogP contribution in [0.15, 0.2) is 22.6 Å². The molecule has 1 N–H and O–H groups in total. The van der Waals surface area contributed by atoms with Gasteiger partial charge >= 0.3 is 5.97 Å². The molecule has 0 saturated heterocycles. The monoisotopic (exact) mass is 276 g/mol. The highest BCUT2D eigenvalue weighted by molar-refractivity contribution is 7.99. The second-order valence-electron chi connectivity index (χ2n) is 3.93. The molecular formula is C12H12N4O2S. The Labute approximate surface area is 114 Å². The lowest BCUT2D eigenvalue weighted by atomic mass is 10.2. The molecule has 0 spiro atoms. The Kier molecular flexibility index (Phi) is 3.75. The fraction of sp³-hybridized carbons (Fsp3) is 0.250. The van der Waals surface area contributed by atoms with Gasteiger partial charge in [-0.1, -0.05) is 0 Å². The van der Waals surface area contributed by atoms with E-state index in [9.17, 15) is 4.79 Å². The Morgan fingerprint density at radius 1 is 1.11 bits per heavy atom. The van der Waals surface area contributed by atoms with E-state index in [1.165, 1.54) is 12.3 Å². The van der Waals surface area contributed by atoms with Gasteiger partial charge in [-0.05, 0) is 44.2 Å². The van der Waals surface area contributed by atoms with Gasteiger partial charge in [-0.2, -0.15) is 0 Å². The molecule has 0 bridgehead atoms. The predicted octanol–water partition coefficient (Wildman–Crippen LogP) is 2.04. The van der Waals surface area contributed by atoms with Crippen molar-refractivity contribution in [2.75, 3.05) is 0 Å². The van der Waals surface area contributed by atoms with Crippen molar-refractivity contribution >= 4 is 17.7 Å². The summed E-state index contributed by atoms with van der Waals surface area (Å²) in [6.45, 7) is 5.77. The summed E-state index contributed by atoms with van der Waals surface area (Å²) in [5.41, 5.74) is 2.79. The highest BCUT2D eigenvalue weighted by Crippen LogP contribution is 2.22. The number of carboxylic acids is 1. The van der Waals surface area contributed by atoms with Crippen LogP contribution in [-0.4, -0.2) is 31.0 Å². The summed E-state index contributed by atoms with van der Waals surface area (Å²) in [5, 5.41) is 9.71. The van der Waals surface area contributed by atoms with Gasteiger partial charge in [0.1, 0.15) is 0 Å². The molecule has 19 heavy (non-hydrogen) atoms. The van der Waals surface area contributed by atoms with E-state index in [1.54, 1.807) is 0 Å². The minimum absolute atomic E-state index is 0.0435. The first-order valence-corrected chi connectivity index (χ1v) is 6.35. The van der Waals surface area contributed by atoms with Crippen molar-refractivity contribution in [3.63, 3.8) is 0 Å². The Balaban J connectivity index is 2.31. The van der Waals surface area contributed by atoms with Gasteiger partial charge in [-0.3, -0.25) is 0 Å². The maximum atomic E-state index is 10.8. The normalized spacial score (nSPS) is 10.5. The van der Waals surface area contributed by atoms with Crippen molar-refractivity contribution in [2.45, 2.75) is 31.1 Å². The molecular weight excluding hydrogens is 264 g/mol. The molecule has 0 aliphatic heterocycles. The standard InChI is InChI=1S/C12H12N4O2S/c1-6-7(2)14-12(15-8(6)3)19-11-13-5-4-9(16-11)10(17)18/h4-5H,1-3H3,(H,17,18). The summed E-state index contributed by atoms with van der Waals surface area (Å²) in [7, 11) is 0. The van der Waals surface area contributed by atoms with Gasteiger partial charge in [-0.15, -0.1) is 0 Å². The molecule has 7 heteroatoms. The van der Waals surface area contributed by atoms with Crippen LogP contribution in [-0.2, 0) is 0 Å². The molecule has 0 saturated carbocycles. The second-order valence-corrected chi connectivity index (χ2v) is 4.87. The first-order valence-electron chi connectivity index (χ1n) is 5.53. The first-order chi connectivity index (χ1) is 8.97. The fourth-order valence-electron chi connectivity index (χ4n) is 1.38. The van der Waals surface area contributed by atoms with E-state index in [2.05, 4.69) is 19.9 Å². The van der Waals surface area contributed by atoms with Crippen LogP contribution < -0.4 is 0 Å². The third-order valence-corrected chi connectivity index (χ3v) is 3.39. The summed E-state index contributed by atoms with van der Waals surface area (Å²) < 4.78 is 0. The number of rotatable bonds is 3. The molecule has 0 fully saturated rings. The van der Waals surface area contributed by atoms with Gasteiger partial charge < -0.3 is 5.11 Å². The van der Waals surface area contributed by atoms with Gasteiger partial charge in [0.15, 0.2) is 16.0 Å². The summed E-state index contributed by atoms with van der Waals surface area (Å²) in [5.74, 6) is -1.08. The van der Waals surface area contributed by atoms with Crippen LogP contribution in [0, 0.1) is 20.8 Å². The molecule has 0 atom stereocenters. The van der Waals surface area contributed by atoms with E-state index in [1.807, 2.05) is 20.8 Å². The number of hydrogen-bond donors (Lipinski definition) is 1. The van der Waals surface area contributed by atoms with Crippen LogP contribution >= 0.6 is 11.8 Å². The third kappa shape index (κ3) is 3.05. The van der Waals surface area contributed by atoms with Crippen molar-refractivity contribution in [1.82, 2.24) is 19.9 Å². The zero-order chi connectivity index (χ0) is 14.0. The molecule has 0 aromatic carbocycles. The molecule has 0 unspecified atom stereocenters. The zero-order valence-electron chi connectivity index (χ0n) is 10.7. The molecule has 0 aliphatic carbocycles. The predicted molar refractivity (Wildman–Crippen MR) is 69.4 cm³/mol. The van der Waals surface area contributed by atoms with E-state index in [0.717, 1.165) is 28.7 Å². The minimum atomic E-state index is -1.08. The lowest BCUT2D eigenvalue weighted by Gasteiger charge is -2.06. The minimum Gasteiger partial charge on any atom is -0.477 e. The van der Waals surface area contributed by atoms with Crippen LogP contribution in [0.25, 0.3) is 0 Å². The van der Waals surface area contributed by atoms with Crippen LogP contribution in [0.2, 0.25) is 0 Å². The highest BCUT2D eigenvalue weighted by atomic mass is 32.2. The van der Waals surface area contributed by atoms with Crippen LogP contribution in [0.1, 0.15) is 27.4 Å². The van der Waals surface area contributed by atoms with E-state index in [-0.39, 0.29) is 5.69 Å². The van der Waals surface area contributed by atoms with Gasteiger partial charge in [-0.25, -0.2) is 24.7 Å². The van der Waals surface area contributed by atoms with Crippen LogP contribution in [0.5, 0.6) is 0 Å². The van der Waals surface area contributed by atoms with Crippen LogP contribution in [0.3, 0.4) is 0 Å². The molecule has 2 heterocycles. The van der Waals surface area contributed by atoms with Crippen molar-refractivity contribution < 1.29 is 9.90 Å². The third-order valence-electron chi connectivity index (χ3n) is 2.65. The van der Waals surface area contributed by atoms with Crippen molar-refractivity contribution in [1.29, 1.82) is 0 Å². The maximum Gasteiger partial charge on any atom is 0.354 e. The van der Waals surface area contributed by atoms with Gasteiger partial charge in [0.2, 0.25) is 0 Å². The number of aromatic nitrogens is 4. The zero-order valence-corrected chi connectivity index (χ0v) is 11.5. The summed E-state index contributed by atoms with van der Waals surface area (Å²) in [6, 6.07) is 1.35. The number of aryl methyl sites for hydroxylation is 2. The Bertz CT molecular complexity index is 622. The number of aromatic carboxylic acids is 1. The lowest BCUT2D eigenvalue weighted by molar-refractivity contribution is 0.0689. The largest absolute Gasteiger partial charge is 0.477 e. The smallest absolute Gasteiger partial charge is 0.354 e. The van der Waals surface area contributed by atoms with Crippen molar-refractivity contribution in [3.8, 4) is 0 Å². The molecule has 2 aromatic rings. The van der Waals surface area contributed by atoms with Gasteiger partial charge in [0.05, 0.1) is 0 Å². The highest BCUT2D eigenvalue weighted by Gasteiger charge is 2.10. The average Bonchev–Trinajstić information content (AvgIpc) is 2.36. The number of carbonyl (C=O) groups is 1. The number of hydrogen-bond acceptors (Lipinski definition) is 6. The summed E-state index contributed by atoms with van der Waals surface area (Å²) >= 11 is 1.15. The first kappa shape index (κ1) is 13.4. The molecule has 0 aliphatic rings. The second kappa shape index (κ2) is 5.31. The Hall–Kier alpha value is -2.02. The van der Waals surface area contributed by atoms with Crippen molar-refractivity contribution in [2.24, 2.45) is 0 Å². The number of nitrogens with zero attached hydrogens (tertiary/aromatic N) is 4. The molecule has 0 radical (unpaired) electrons. The van der Waals surface area contributed by atoms with Gasteiger partial charge in [0.25, 0.3) is 0 Å². The van der Waals surface area contributed by atoms with E-state index < -0.39 is 5.97 Å². The number of carboxylic acid groups (broad SMARTS) is 1. The molecule has 2 rings (SSSR count).